The molecule has 4 rings (SSSR count). The summed E-state index contributed by atoms with van der Waals surface area (Å²) in [6, 6.07) is 10.1. The molecule has 2 aromatic carbocycles. The van der Waals surface area contributed by atoms with E-state index in [4.69, 9.17) is 9.47 Å². The Morgan fingerprint density at radius 1 is 1.15 bits per heavy atom. The number of rotatable bonds is 6. The van der Waals surface area contributed by atoms with Gasteiger partial charge in [-0.15, -0.1) is 5.10 Å². The molecule has 2 atom stereocenters. The Balaban J connectivity index is 1.44. The molecular weight excluding hydrogens is 586 g/mol. The fraction of sp³-hybridized carbons (Fsp3) is 0.484. The minimum absolute atomic E-state index is 0.00297. The first-order valence-corrected chi connectivity index (χ1v) is 14.7. The lowest BCUT2D eigenvalue weighted by Crippen LogP contribution is -2.42. The summed E-state index contributed by atoms with van der Waals surface area (Å²) in [5.74, 6) is -0.0531. The Hall–Kier alpha value is -3.24. The highest BCUT2D eigenvalue weighted by atomic mass is 79.9. The normalized spacial score (nSPS) is 16.4. The van der Waals surface area contributed by atoms with E-state index in [0.29, 0.717) is 37.5 Å². The molecule has 10 heteroatoms. The Kier molecular flexibility index (Phi) is 9.23. The van der Waals surface area contributed by atoms with Crippen molar-refractivity contribution in [1.29, 1.82) is 0 Å². The van der Waals surface area contributed by atoms with Gasteiger partial charge in [0, 0.05) is 30.2 Å². The van der Waals surface area contributed by atoms with Gasteiger partial charge in [0.2, 0.25) is 0 Å². The van der Waals surface area contributed by atoms with Crippen molar-refractivity contribution in [3.8, 4) is 0 Å². The molecule has 0 spiro atoms. The molecule has 3 aromatic rings. The number of hydrogen-bond donors (Lipinski definition) is 0. The molecule has 1 aliphatic rings. The van der Waals surface area contributed by atoms with Crippen LogP contribution in [-0.4, -0.2) is 69.1 Å². The first-order chi connectivity index (χ1) is 19.2. The minimum atomic E-state index is -0.563. The van der Waals surface area contributed by atoms with Crippen LogP contribution < -0.4 is 0 Å². The van der Waals surface area contributed by atoms with Gasteiger partial charge in [0.05, 0.1) is 25.4 Å². The third-order valence-electron chi connectivity index (χ3n) is 7.32. The van der Waals surface area contributed by atoms with Crippen LogP contribution in [0.3, 0.4) is 0 Å². The van der Waals surface area contributed by atoms with Crippen molar-refractivity contribution in [2.75, 3.05) is 26.7 Å². The molecule has 2 heterocycles. The van der Waals surface area contributed by atoms with Gasteiger partial charge >= 0.3 is 6.09 Å². The summed E-state index contributed by atoms with van der Waals surface area (Å²) in [6.07, 6.45) is 1.17. The summed E-state index contributed by atoms with van der Waals surface area (Å²) >= 11 is 3.56. The molecule has 41 heavy (non-hydrogen) atoms. The molecule has 0 saturated carbocycles. The second kappa shape index (κ2) is 12.3. The van der Waals surface area contributed by atoms with Gasteiger partial charge in [-0.1, -0.05) is 33.3 Å². The number of carbonyl (C=O) groups excluding carboxylic acids is 2. The Morgan fingerprint density at radius 3 is 2.46 bits per heavy atom. The fourth-order valence-electron chi connectivity index (χ4n) is 4.91. The molecule has 0 aliphatic carbocycles. The lowest BCUT2D eigenvalue weighted by molar-refractivity contribution is -0.0248. The summed E-state index contributed by atoms with van der Waals surface area (Å²) in [4.78, 5) is 29.4. The third-order valence-corrected chi connectivity index (χ3v) is 8.21. The van der Waals surface area contributed by atoms with Crippen LogP contribution in [0.15, 0.2) is 41.0 Å². The predicted octanol–water partition coefficient (Wildman–Crippen LogP) is 6.16. The van der Waals surface area contributed by atoms with Crippen LogP contribution in [0.5, 0.6) is 0 Å². The molecule has 0 bridgehead atoms. The molecule has 0 radical (unpaired) electrons. The van der Waals surface area contributed by atoms with E-state index in [1.54, 1.807) is 11.9 Å². The van der Waals surface area contributed by atoms with Gasteiger partial charge in [-0.25, -0.2) is 9.48 Å². The topological polar surface area (TPSA) is 89.8 Å². The maximum absolute atomic E-state index is 13.6. The molecular formula is C31H40BrN5O4. The van der Waals surface area contributed by atoms with Crippen molar-refractivity contribution in [3.05, 3.63) is 80.1 Å². The van der Waals surface area contributed by atoms with E-state index >= 15 is 0 Å². The monoisotopic (exact) mass is 625 g/mol. The van der Waals surface area contributed by atoms with Gasteiger partial charge in [0.25, 0.3) is 5.91 Å². The number of aryl methyl sites for hydroxylation is 3. The largest absolute Gasteiger partial charge is 0.444 e. The fourth-order valence-corrected chi connectivity index (χ4v) is 5.16. The second-order valence-corrected chi connectivity index (χ2v) is 12.7. The highest BCUT2D eigenvalue weighted by Crippen LogP contribution is 2.27. The number of benzene rings is 2. The Labute approximate surface area is 250 Å². The lowest BCUT2D eigenvalue weighted by atomic mass is 9.98. The van der Waals surface area contributed by atoms with Crippen LogP contribution in [0, 0.1) is 20.8 Å². The molecule has 1 aromatic heterocycles. The summed E-state index contributed by atoms with van der Waals surface area (Å²) in [5, 5.41) is 8.77. The Bertz CT molecular complexity index is 1410. The number of nitrogens with zero attached hydrogens (tertiary/aromatic N) is 5. The van der Waals surface area contributed by atoms with E-state index in [9.17, 15) is 9.59 Å². The highest BCUT2D eigenvalue weighted by Gasteiger charge is 2.29. The molecule has 1 saturated heterocycles. The van der Waals surface area contributed by atoms with Gasteiger partial charge in [-0.2, -0.15) is 0 Å². The number of amides is 2. The minimum Gasteiger partial charge on any atom is -0.444 e. The molecule has 9 nitrogen and oxygen atoms in total. The molecule has 220 valence electrons. The number of morpholine rings is 1. The van der Waals surface area contributed by atoms with Gasteiger partial charge in [-0.3, -0.25) is 4.79 Å². The molecule has 1 aliphatic heterocycles. The van der Waals surface area contributed by atoms with Crippen molar-refractivity contribution < 1.29 is 19.1 Å². The smallest absolute Gasteiger partial charge is 0.410 e. The van der Waals surface area contributed by atoms with Crippen LogP contribution in [0.1, 0.15) is 83.7 Å². The van der Waals surface area contributed by atoms with E-state index in [0.717, 1.165) is 32.3 Å². The number of ether oxygens (including phenoxy) is 2. The summed E-state index contributed by atoms with van der Waals surface area (Å²) in [5.41, 5.74) is 5.96. The molecule has 1 fully saturated rings. The zero-order valence-corrected chi connectivity index (χ0v) is 26.8. The van der Waals surface area contributed by atoms with E-state index in [-0.39, 0.29) is 24.1 Å². The molecule has 2 amide bonds. The molecule has 1 unspecified atom stereocenters. The zero-order valence-electron chi connectivity index (χ0n) is 25.2. The van der Waals surface area contributed by atoms with Crippen molar-refractivity contribution >= 4 is 27.9 Å². The van der Waals surface area contributed by atoms with Gasteiger partial charge in [-0.05, 0) is 94.5 Å². The van der Waals surface area contributed by atoms with Gasteiger partial charge < -0.3 is 19.3 Å². The van der Waals surface area contributed by atoms with Crippen LogP contribution >= 0.6 is 15.9 Å². The van der Waals surface area contributed by atoms with Crippen molar-refractivity contribution in [3.63, 3.8) is 0 Å². The Morgan fingerprint density at radius 2 is 1.83 bits per heavy atom. The highest BCUT2D eigenvalue weighted by molar-refractivity contribution is 9.10. The lowest BCUT2D eigenvalue weighted by Gasteiger charge is -2.32. The van der Waals surface area contributed by atoms with Crippen LogP contribution in [-0.2, 0) is 16.0 Å². The summed E-state index contributed by atoms with van der Waals surface area (Å²) in [7, 11) is 1.72. The first-order valence-electron chi connectivity index (χ1n) is 13.9. The van der Waals surface area contributed by atoms with Crippen LogP contribution in [0.2, 0.25) is 0 Å². The van der Waals surface area contributed by atoms with Crippen molar-refractivity contribution in [1.82, 2.24) is 24.8 Å². The standard InChI is InChI=1S/C31H40BrN5O4/c1-19-13-24(14-20(2)25(19)16-35(8)30(39)41-31(5,6)7)29(38)36-11-12-40-28(18-36)27-17-37(34-33-27)22(4)23-9-10-26(32)21(3)15-23/h9-10,13-15,17,22,28H,11-12,16,18H2,1-8H3/t22-,28?/m0/s1. The number of aromatic nitrogens is 3. The molecule has 0 N–H and O–H groups in total. The maximum Gasteiger partial charge on any atom is 0.410 e. The first kappa shape index (κ1) is 30.7. The van der Waals surface area contributed by atoms with Gasteiger partial charge in [0.1, 0.15) is 17.4 Å². The quantitative estimate of drug-likeness (QED) is 0.326. The van der Waals surface area contributed by atoms with E-state index < -0.39 is 5.60 Å². The zero-order chi connectivity index (χ0) is 30.1. The average molecular weight is 627 g/mol. The van der Waals surface area contributed by atoms with Crippen LogP contribution in [0.4, 0.5) is 4.79 Å². The maximum atomic E-state index is 13.6. The van der Waals surface area contributed by atoms with E-state index in [1.165, 1.54) is 0 Å². The van der Waals surface area contributed by atoms with Crippen molar-refractivity contribution in [2.24, 2.45) is 0 Å². The number of hydrogen-bond acceptors (Lipinski definition) is 6. The predicted molar refractivity (Wildman–Crippen MR) is 161 cm³/mol. The third kappa shape index (κ3) is 7.35. The van der Waals surface area contributed by atoms with E-state index in [1.807, 2.05) is 68.6 Å². The van der Waals surface area contributed by atoms with E-state index in [2.05, 4.69) is 52.2 Å². The summed E-state index contributed by atoms with van der Waals surface area (Å²) in [6.45, 7) is 15.3. The number of carbonyl (C=O) groups is 2. The van der Waals surface area contributed by atoms with Crippen molar-refractivity contribution in [2.45, 2.75) is 72.8 Å². The second-order valence-electron chi connectivity index (χ2n) is 11.8. The summed E-state index contributed by atoms with van der Waals surface area (Å²) < 4.78 is 14.4. The number of halogens is 1. The SMILES string of the molecule is Cc1cc([C@H](C)n2cc(C3CN(C(=O)c4cc(C)c(CN(C)C(=O)OC(C)(C)C)c(C)c4)CCO3)nn2)ccc1Br. The average Bonchev–Trinajstić information content (AvgIpc) is 3.41. The van der Waals surface area contributed by atoms with Gasteiger partial charge in [0.15, 0.2) is 0 Å². The van der Waals surface area contributed by atoms with Crippen LogP contribution in [0.25, 0.3) is 0 Å².